The summed E-state index contributed by atoms with van der Waals surface area (Å²) in [6, 6.07) is 7.42. The summed E-state index contributed by atoms with van der Waals surface area (Å²) in [5.41, 5.74) is -0.230. The van der Waals surface area contributed by atoms with E-state index < -0.39 is 17.6 Å². The molecule has 0 spiro atoms. The van der Waals surface area contributed by atoms with Gasteiger partial charge in [-0.1, -0.05) is 17.7 Å². The standard InChI is InChI=1S/C16H10ClF4NO/c17-13-8-22(15-4-2-10(23)6-11(13)15)7-9-1-3-12(14(18)5-9)16(19,20)21/h1-6,8,23H,7H2. The Balaban J connectivity index is 1.98. The Labute approximate surface area is 133 Å². The van der Waals surface area contributed by atoms with E-state index in [9.17, 15) is 22.7 Å². The Morgan fingerprint density at radius 3 is 2.48 bits per heavy atom. The van der Waals surface area contributed by atoms with Gasteiger partial charge in [-0.05, 0) is 35.9 Å². The zero-order valence-corrected chi connectivity index (χ0v) is 12.3. The first-order chi connectivity index (χ1) is 10.8. The minimum atomic E-state index is -4.72. The average molecular weight is 344 g/mol. The largest absolute Gasteiger partial charge is 0.508 e. The Bertz CT molecular complexity index is 886. The Morgan fingerprint density at radius 1 is 1.09 bits per heavy atom. The maximum atomic E-state index is 13.6. The lowest BCUT2D eigenvalue weighted by Crippen LogP contribution is -2.09. The second kappa shape index (κ2) is 5.45. The van der Waals surface area contributed by atoms with Crippen molar-refractivity contribution in [2.24, 2.45) is 0 Å². The van der Waals surface area contributed by atoms with Crippen LogP contribution in [0.15, 0.2) is 42.6 Å². The van der Waals surface area contributed by atoms with E-state index in [0.717, 1.165) is 12.1 Å². The van der Waals surface area contributed by atoms with Gasteiger partial charge in [-0.25, -0.2) is 4.39 Å². The predicted octanol–water partition coefficient (Wildman–Crippen LogP) is 5.21. The molecule has 0 bridgehead atoms. The fraction of sp³-hybridized carbons (Fsp3) is 0.125. The monoisotopic (exact) mass is 343 g/mol. The molecule has 2 nitrogen and oxygen atoms in total. The molecule has 0 aliphatic heterocycles. The number of halogens is 5. The number of nitrogens with zero attached hydrogens (tertiary/aromatic N) is 1. The molecule has 23 heavy (non-hydrogen) atoms. The van der Waals surface area contributed by atoms with Crippen molar-refractivity contribution in [1.29, 1.82) is 0 Å². The number of alkyl halides is 3. The second-order valence-electron chi connectivity index (χ2n) is 5.12. The minimum Gasteiger partial charge on any atom is -0.508 e. The summed E-state index contributed by atoms with van der Waals surface area (Å²) in [7, 11) is 0. The summed E-state index contributed by atoms with van der Waals surface area (Å²) in [4.78, 5) is 0. The van der Waals surface area contributed by atoms with Gasteiger partial charge >= 0.3 is 6.18 Å². The van der Waals surface area contributed by atoms with Gasteiger partial charge in [0.15, 0.2) is 0 Å². The van der Waals surface area contributed by atoms with Gasteiger partial charge in [-0.2, -0.15) is 13.2 Å². The van der Waals surface area contributed by atoms with Crippen molar-refractivity contribution in [2.45, 2.75) is 12.7 Å². The molecule has 0 aliphatic rings. The molecule has 3 rings (SSSR count). The first-order valence-electron chi connectivity index (χ1n) is 6.58. The number of aromatic nitrogens is 1. The molecule has 1 N–H and O–H groups in total. The van der Waals surface area contributed by atoms with Gasteiger partial charge in [-0.3, -0.25) is 0 Å². The van der Waals surface area contributed by atoms with E-state index >= 15 is 0 Å². The highest BCUT2D eigenvalue weighted by atomic mass is 35.5. The predicted molar refractivity (Wildman–Crippen MR) is 79.1 cm³/mol. The minimum absolute atomic E-state index is 0.0534. The van der Waals surface area contributed by atoms with E-state index in [1.54, 1.807) is 16.8 Å². The molecular weight excluding hydrogens is 334 g/mol. The lowest BCUT2D eigenvalue weighted by atomic mass is 10.1. The molecule has 0 unspecified atom stereocenters. The van der Waals surface area contributed by atoms with E-state index in [-0.39, 0.29) is 12.3 Å². The number of rotatable bonds is 2. The van der Waals surface area contributed by atoms with Gasteiger partial charge in [0.25, 0.3) is 0 Å². The summed E-state index contributed by atoms with van der Waals surface area (Å²) in [5, 5.41) is 10.5. The molecule has 0 saturated carbocycles. The van der Waals surface area contributed by atoms with Crippen LogP contribution in [0.25, 0.3) is 10.9 Å². The van der Waals surface area contributed by atoms with Crippen molar-refractivity contribution in [3.63, 3.8) is 0 Å². The fourth-order valence-corrected chi connectivity index (χ4v) is 2.73. The van der Waals surface area contributed by atoms with Crippen molar-refractivity contribution < 1.29 is 22.7 Å². The van der Waals surface area contributed by atoms with Gasteiger partial charge in [0.1, 0.15) is 11.6 Å². The van der Waals surface area contributed by atoms with Crippen LogP contribution in [0.2, 0.25) is 5.02 Å². The molecular formula is C16H10ClF4NO. The van der Waals surface area contributed by atoms with Crippen LogP contribution in [-0.2, 0) is 12.7 Å². The Hall–Kier alpha value is -2.21. The van der Waals surface area contributed by atoms with E-state index in [2.05, 4.69) is 0 Å². The number of hydrogen-bond donors (Lipinski definition) is 1. The molecule has 0 saturated heterocycles. The van der Waals surface area contributed by atoms with Crippen LogP contribution in [0.4, 0.5) is 17.6 Å². The van der Waals surface area contributed by atoms with E-state index in [0.29, 0.717) is 21.5 Å². The highest BCUT2D eigenvalue weighted by Gasteiger charge is 2.33. The van der Waals surface area contributed by atoms with E-state index in [1.165, 1.54) is 18.2 Å². The number of phenolic OH excluding ortho intramolecular Hbond substituents is 1. The number of fused-ring (bicyclic) bond motifs is 1. The number of hydrogen-bond acceptors (Lipinski definition) is 1. The molecule has 1 aromatic heterocycles. The highest BCUT2D eigenvalue weighted by Crippen LogP contribution is 2.33. The molecule has 0 atom stereocenters. The van der Waals surface area contributed by atoms with Crippen molar-refractivity contribution >= 4 is 22.5 Å². The van der Waals surface area contributed by atoms with Crippen LogP contribution in [0.3, 0.4) is 0 Å². The number of aromatic hydroxyl groups is 1. The first kappa shape index (κ1) is 15.7. The van der Waals surface area contributed by atoms with Crippen molar-refractivity contribution in [3.8, 4) is 5.75 Å². The summed E-state index contributed by atoms with van der Waals surface area (Å²) < 4.78 is 53.0. The average Bonchev–Trinajstić information content (AvgIpc) is 2.73. The van der Waals surface area contributed by atoms with Crippen molar-refractivity contribution in [3.05, 3.63) is 64.6 Å². The van der Waals surface area contributed by atoms with E-state index in [4.69, 9.17) is 11.6 Å². The van der Waals surface area contributed by atoms with Crippen LogP contribution in [0.5, 0.6) is 5.75 Å². The van der Waals surface area contributed by atoms with E-state index in [1.807, 2.05) is 0 Å². The Morgan fingerprint density at radius 2 is 1.83 bits per heavy atom. The van der Waals surface area contributed by atoms with Gasteiger partial charge in [0.05, 0.1) is 16.1 Å². The molecule has 0 fully saturated rings. The van der Waals surface area contributed by atoms with Crippen LogP contribution < -0.4 is 0 Å². The summed E-state index contributed by atoms with van der Waals surface area (Å²) in [6.07, 6.45) is -3.13. The SMILES string of the molecule is Oc1ccc2c(c1)c(Cl)cn2Cc1ccc(C(F)(F)F)c(F)c1. The fourth-order valence-electron chi connectivity index (χ4n) is 2.46. The molecule has 0 radical (unpaired) electrons. The van der Waals surface area contributed by atoms with Crippen molar-refractivity contribution in [2.75, 3.05) is 0 Å². The molecule has 7 heteroatoms. The smallest absolute Gasteiger partial charge is 0.419 e. The summed E-state index contributed by atoms with van der Waals surface area (Å²) >= 11 is 6.08. The van der Waals surface area contributed by atoms with Crippen molar-refractivity contribution in [1.82, 2.24) is 4.57 Å². The normalized spacial score (nSPS) is 12.0. The topological polar surface area (TPSA) is 25.2 Å². The van der Waals surface area contributed by atoms with Gasteiger partial charge in [-0.15, -0.1) is 0 Å². The molecule has 0 amide bonds. The van der Waals surface area contributed by atoms with Gasteiger partial charge < -0.3 is 9.67 Å². The van der Waals surface area contributed by atoms with Crippen LogP contribution in [0, 0.1) is 5.82 Å². The van der Waals surface area contributed by atoms with Gasteiger partial charge in [0.2, 0.25) is 0 Å². The summed E-state index contributed by atoms with van der Waals surface area (Å²) in [5.74, 6) is -1.26. The molecule has 120 valence electrons. The zero-order chi connectivity index (χ0) is 16.8. The molecule has 2 aromatic carbocycles. The third-order valence-corrected chi connectivity index (χ3v) is 3.81. The lowest BCUT2D eigenvalue weighted by molar-refractivity contribution is -0.140. The maximum absolute atomic E-state index is 13.6. The van der Waals surface area contributed by atoms with Crippen LogP contribution in [0.1, 0.15) is 11.1 Å². The molecule has 0 aliphatic carbocycles. The van der Waals surface area contributed by atoms with Crippen LogP contribution in [-0.4, -0.2) is 9.67 Å². The zero-order valence-electron chi connectivity index (χ0n) is 11.5. The first-order valence-corrected chi connectivity index (χ1v) is 6.96. The summed E-state index contributed by atoms with van der Waals surface area (Å²) in [6.45, 7) is 0.156. The highest BCUT2D eigenvalue weighted by molar-refractivity contribution is 6.35. The molecule has 1 heterocycles. The number of benzene rings is 2. The molecule has 3 aromatic rings. The van der Waals surface area contributed by atoms with Crippen LogP contribution >= 0.6 is 11.6 Å². The lowest BCUT2D eigenvalue weighted by Gasteiger charge is -2.10. The maximum Gasteiger partial charge on any atom is 0.419 e. The third-order valence-electron chi connectivity index (χ3n) is 3.51. The van der Waals surface area contributed by atoms with Gasteiger partial charge in [0, 0.05) is 18.1 Å². The second-order valence-corrected chi connectivity index (χ2v) is 5.53. The Kier molecular flexibility index (Phi) is 3.72. The third kappa shape index (κ3) is 2.99. The number of phenols is 1. The quantitative estimate of drug-likeness (QED) is 0.635.